The summed E-state index contributed by atoms with van der Waals surface area (Å²) in [5.74, 6) is 0. The fourth-order valence-corrected chi connectivity index (χ4v) is 2.90. The Morgan fingerprint density at radius 2 is 1.65 bits per heavy atom. The summed E-state index contributed by atoms with van der Waals surface area (Å²) >= 11 is 0. The summed E-state index contributed by atoms with van der Waals surface area (Å²) in [4.78, 5) is 0.146. The van der Waals surface area contributed by atoms with Gasteiger partial charge in [-0.2, -0.15) is 9.98 Å². The van der Waals surface area contributed by atoms with Crippen molar-refractivity contribution in [2.45, 2.75) is 17.9 Å². The Balaban J connectivity index is 2.27. The molecule has 2 rings (SSSR count). The molecule has 2 aromatic carbocycles. The van der Waals surface area contributed by atoms with Gasteiger partial charge in [-0.3, -0.25) is 0 Å². The van der Waals surface area contributed by atoms with Crippen molar-refractivity contribution in [3.8, 4) is 6.07 Å². The molecule has 0 fully saturated rings. The molecule has 1 atom stereocenters. The second-order valence-corrected chi connectivity index (χ2v) is 6.12. The Labute approximate surface area is 118 Å². The van der Waals surface area contributed by atoms with E-state index in [1.54, 1.807) is 30.3 Å². The molecule has 20 heavy (non-hydrogen) atoms. The van der Waals surface area contributed by atoms with Gasteiger partial charge in [-0.1, -0.05) is 48.0 Å². The van der Waals surface area contributed by atoms with E-state index in [-0.39, 0.29) is 4.90 Å². The lowest BCUT2D eigenvalue weighted by atomic mass is 10.1. The second-order valence-electron chi connectivity index (χ2n) is 4.41. The van der Waals surface area contributed by atoms with Crippen LogP contribution in [0.2, 0.25) is 0 Å². The normalized spacial score (nSPS) is 12.6. The summed E-state index contributed by atoms with van der Waals surface area (Å²) in [6, 6.07) is 16.3. The fraction of sp³-hybridized carbons (Fsp3) is 0.133. The van der Waals surface area contributed by atoms with E-state index >= 15 is 0 Å². The first-order valence-electron chi connectivity index (χ1n) is 6.06. The predicted molar refractivity (Wildman–Crippen MR) is 76.3 cm³/mol. The molecular weight excluding hydrogens is 272 g/mol. The van der Waals surface area contributed by atoms with E-state index < -0.39 is 16.1 Å². The molecule has 102 valence electrons. The molecule has 4 nitrogen and oxygen atoms in total. The number of nitrogens with zero attached hydrogens (tertiary/aromatic N) is 1. The maximum absolute atomic E-state index is 12.2. The van der Waals surface area contributed by atoms with Crippen LogP contribution in [0.1, 0.15) is 17.2 Å². The lowest BCUT2D eigenvalue weighted by molar-refractivity contribution is 0.575. The number of benzene rings is 2. The summed E-state index contributed by atoms with van der Waals surface area (Å²) in [6.45, 7) is 1.93. The Kier molecular flexibility index (Phi) is 4.18. The lowest BCUT2D eigenvalue weighted by Gasteiger charge is -2.12. The van der Waals surface area contributed by atoms with Gasteiger partial charge in [0.05, 0.1) is 11.0 Å². The van der Waals surface area contributed by atoms with Gasteiger partial charge in [0.15, 0.2) is 0 Å². The van der Waals surface area contributed by atoms with E-state index in [2.05, 4.69) is 4.72 Å². The molecule has 0 heterocycles. The number of aryl methyl sites for hydroxylation is 1. The highest BCUT2D eigenvalue weighted by Crippen LogP contribution is 2.17. The topological polar surface area (TPSA) is 70.0 Å². The maximum Gasteiger partial charge on any atom is 0.241 e. The second kappa shape index (κ2) is 5.87. The van der Waals surface area contributed by atoms with Crippen molar-refractivity contribution in [3.63, 3.8) is 0 Å². The smallest absolute Gasteiger partial charge is 0.207 e. The molecule has 1 N–H and O–H groups in total. The minimum Gasteiger partial charge on any atom is -0.207 e. The molecule has 1 unspecified atom stereocenters. The van der Waals surface area contributed by atoms with Crippen LogP contribution in [0.5, 0.6) is 0 Å². The number of sulfonamides is 1. The summed E-state index contributed by atoms with van der Waals surface area (Å²) in [6.07, 6.45) is 0. The highest BCUT2D eigenvalue weighted by Gasteiger charge is 2.20. The van der Waals surface area contributed by atoms with Gasteiger partial charge in [0.2, 0.25) is 10.0 Å². The van der Waals surface area contributed by atoms with Gasteiger partial charge < -0.3 is 0 Å². The quantitative estimate of drug-likeness (QED) is 0.939. The number of hydrogen-bond acceptors (Lipinski definition) is 3. The lowest BCUT2D eigenvalue weighted by Crippen LogP contribution is -2.27. The zero-order valence-corrected chi connectivity index (χ0v) is 11.8. The summed E-state index contributed by atoms with van der Waals surface area (Å²) in [5, 5.41) is 9.18. The standard InChI is InChI=1S/C15H14N2O2S/c1-12-7-9-13(10-8-12)15(11-16)17-20(18,19)14-5-3-2-4-6-14/h2-10,15,17H,1H3. The molecule has 2 aromatic rings. The van der Waals surface area contributed by atoms with Crippen molar-refractivity contribution in [1.29, 1.82) is 5.26 Å². The molecule has 0 aromatic heterocycles. The van der Waals surface area contributed by atoms with E-state index in [0.717, 1.165) is 5.56 Å². The van der Waals surface area contributed by atoms with Crippen LogP contribution in [0.4, 0.5) is 0 Å². The third-order valence-electron chi connectivity index (χ3n) is 2.87. The van der Waals surface area contributed by atoms with Crippen molar-refractivity contribution < 1.29 is 8.42 Å². The molecule has 0 aliphatic rings. The van der Waals surface area contributed by atoms with Crippen LogP contribution >= 0.6 is 0 Å². The van der Waals surface area contributed by atoms with E-state index in [4.69, 9.17) is 0 Å². The molecular formula is C15H14N2O2S. The average molecular weight is 286 g/mol. The summed E-state index contributed by atoms with van der Waals surface area (Å²) in [7, 11) is -3.70. The minimum absolute atomic E-state index is 0.146. The van der Waals surface area contributed by atoms with E-state index in [1.165, 1.54) is 12.1 Å². The van der Waals surface area contributed by atoms with Crippen LogP contribution < -0.4 is 4.72 Å². The molecule has 0 bridgehead atoms. The van der Waals surface area contributed by atoms with E-state index in [9.17, 15) is 13.7 Å². The van der Waals surface area contributed by atoms with Crippen molar-refractivity contribution >= 4 is 10.0 Å². The zero-order chi connectivity index (χ0) is 14.6. The van der Waals surface area contributed by atoms with E-state index in [0.29, 0.717) is 5.56 Å². The van der Waals surface area contributed by atoms with Gasteiger partial charge in [-0.25, -0.2) is 8.42 Å². The summed E-state index contributed by atoms with van der Waals surface area (Å²) < 4.78 is 26.8. The number of rotatable bonds is 4. The first-order valence-corrected chi connectivity index (χ1v) is 7.55. The molecule has 0 saturated heterocycles. The predicted octanol–water partition coefficient (Wildman–Crippen LogP) is 2.54. The van der Waals surface area contributed by atoms with Gasteiger partial charge in [0.25, 0.3) is 0 Å². The Hall–Kier alpha value is -2.16. The molecule has 0 spiro atoms. The first kappa shape index (κ1) is 14.3. The van der Waals surface area contributed by atoms with Crippen molar-refractivity contribution in [2.75, 3.05) is 0 Å². The third-order valence-corrected chi connectivity index (χ3v) is 4.31. The van der Waals surface area contributed by atoms with Gasteiger partial charge >= 0.3 is 0 Å². The van der Waals surface area contributed by atoms with E-state index in [1.807, 2.05) is 25.1 Å². The fourth-order valence-electron chi connectivity index (χ4n) is 1.75. The largest absolute Gasteiger partial charge is 0.241 e. The Bertz CT molecular complexity index is 717. The number of nitriles is 1. The number of hydrogen-bond donors (Lipinski definition) is 1. The van der Waals surface area contributed by atoms with Gasteiger partial charge in [0.1, 0.15) is 6.04 Å². The van der Waals surface area contributed by atoms with Gasteiger partial charge in [-0.05, 0) is 24.6 Å². The summed E-state index contributed by atoms with van der Waals surface area (Å²) in [5.41, 5.74) is 1.67. The molecule has 5 heteroatoms. The molecule has 0 aliphatic carbocycles. The highest BCUT2D eigenvalue weighted by atomic mass is 32.2. The van der Waals surface area contributed by atoms with Crippen molar-refractivity contribution in [3.05, 3.63) is 65.7 Å². The molecule has 0 radical (unpaired) electrons. The zero-order valence-electron chi connectivity index (χ0n) is 10.9. The van der Waals surface area contributed by atoms with Crippen LogP contribution in [0.25, 0.3) is 0 Å². The third kappa shape index (κ3) is 3.23. The molecule has 0 saturated carbocycles. The van der Waals surface area contributed by atoms with Crippen LogP contribution in [0.15, 0.2) is 59.5 Å². The number of nitrogens with one attached hydrogen (secondary N) is 1. The van der Waals surface area contributed by atoms with Crippen molar-refractivity contribution in [1.82, 2.24) is 4.72 Å². The average Bonchev–Trinajstić information content (AvgIpc) is 2.47. The first-order chi connectivity index (χ1) is 9.53. The van der Waals surface area contributed by atoms with Crippen LogP contribution in [-0.4, -0.2) is 8.42 Å². The maximum atomic E-state index is 12.2. The highest BCUT2D eigenvalue weighted by molar-refractivity contribution is 7.89. The SMILES string of the molecule is Cc1ccc(C(C#N)NS(=O)(=O)c2ccccc2)cc1. The minimum atomic E-state index is -3.70. The van der Waals surface area contributed by atoms with Gasteiger partial charge in [0, 0.05) is 0 Å². The Morgan fingerprint density at radius 1 is 1.05 bits per heavy atom. The molecule has 0 aliphatic heterocycles. The van der Waals surface area contributed by atoms with Crippen LogP contribution in [0.3, 0.4) is 0 Å². The monoisotopic (exact) mass is 286 g/mol. The molecule has 0 amide bonds. The Morgan fingerprint density at radius 3 is 2.20 bits per heavy atom. The van der Waals surface area contributed by atoms with Gasteiger partial charge in [-0.15, -0.1) is 0 Å². The van der Waals surface area contributed by atoms with Crippen molar-refractivity contribution in [2.24, 2.45) is 0 Å². The van der Waals surface area contributed by atoms with Crippen LogP contribution in [-0.2, 0) is 10.0 Å². The van der Waals surface area contributed by atoms with Crippen LogP contribution in [0, 0.1) is 18.3 Å².